The summed E-state index contributed by atoms with van der Waals surface area (Å²) in [5.74, 6) is -2.02. The number of hydrogen-bond donors (Lipinski definition) is 3. The summed E-state index contributed by atoms with van der Waals surface area (Å²) in [6, 6.07) is 10.5. The van der Waals surface area contributed by atoms with Crippen molar-refractivity contribution in [1.29, 1.82) is 0 Å². The van der Waals surface area contributed by atoms with Gasteiger partial charge < -0.3 is 15.7 Å². The van der Waals surface area contributed by atoms with E-state index in [1.54, 1.807) is 41.8 Å². The van der Waals surface area contributed by atoms with Crippen LogP contribution >= 0.6 is 11.3 Å². The van der Waals surface area contributed by atoms with E-state index in [1.807, 2.05) is 6.07 Å². The molecule has 2 rings (SSSR count). The van der Waals surface area contributed by atoms with E-state index < -0.39 is 24.0 Å². The molecule has 0 fully saturated rings. The normalized spacial score (nSPS) is 12.9. The molecule has 2 atom stereocenters. The highest BCUT2D eigenvalue weighted by atomic mass is 32.1. The van der Waals surface area contributed by atoms with Crippen LogP contribution in [-0.2, 0) is 16.0 Å². The molecule has 24 heavy (non-hydrogen) atoms. The number of aliphatic carboxylic acids is 1. The molecule has 0 spiro atoms. The van der Waals surface area contributed by atoms with Crippen LogP contribution in [-0.4, -0.2) is 35.0 Å². The summed E-state index contributed by atoms with van der Waals surface area (Å²) in [4.78, 5) is 36.0. The van der Waals surface area contributed by atoms with Gasteiger partial charge >= 0.3 is 5.97 Å². The molecule has 0 saturated carbocycles. The van der Waals surface area contributed by atoms with Crippen LogP contribution in [0.15, 0.2) is 47.8 Å². The molecule has 0 aliphatic heterocycles. The number of hydrogen-bond acceptors (Lipinski definition) is 4. The van der Waals surface area contributed by atoms with Gasteiger partial charge in [-0.25, -0.2) is 4.79 Å². The van der Waals surface area contributed by atoms with Gasteiger partial charge in [0, 0.05) is 6.42 Å². The molecule has 2 aromatic rings. The van der Waals surface area contributed by atoms with Gasteiger partial charge in [0.2, 0.25) is 5.91 Å². The van der Waals surface area contributed by atoms with Gasteiger partial charge in [-0.15, -0.1) is 11.3 Å². The fraction of sp³-hybridized carbons (Fsp3) is 0.235. The summed E-state index contributed by atoms with van der Waals surface area (Å²) in [5, 5.41) is 16.1. The van der Waals surface area contributed by atoms with E-state index in [4.69, 9.17) is 0 Å². The Morgan fingerprint density at radius 2 is 1.79 bits per heavy atom. The first kappa shape index (κ1) is 17.7. The van der Waals surface area contributed by atoms with Gasteiger partial charge in [-0.2, -0.15) is 0 Å². The lowest BCUT2D eigenvalue weighted by atomic mass is 10.1. The highest BCUT2D eigenvalue weighted by molar-refractivity contribution is 7.12. The molecule has 7 heteroatoms. The minimum Gasteiger partial charge on any atom is -0.480 e. The van der Waals surface area contributed by atoms with Crippen LogP contribution < -0.4 is 10.6 Å². The number of benzene rings is 1. The molecular formula is C17H18N2O4S. The van der Waals surface area contributed by atoms with Gasteiger partial charge in [0.05, 0.1) is 4.88 Å². The number of nitrogens with one attached hydrogen (secondary N) is 2. The molecule has 2 amide bonds. The highest BCUT2D eigenvalue weighted by Gasteiger charge is 2.24. The maximum Gasteiger partial charge on any atom is 0.326 e. The van der Waals surface area contributed by atoms with Gasteiger partial charge in [-0.05, 0) is 23.9 Å². The third kappa shape index (κ3) is 4.92. The van der Waals surface area contributed by atoms with E-state index in [2.05, 4.69) is 10.6 Å². The first-order valence-electron chi connectivity index (χ1n) is 7.39. The van der Waals surface area contributed by atoms with Crippen LogP contribution in [0.25, 0.3) is 0 Å². The minimum absolute atomic E-state index is 0.174. The second-order valence-electron chi connectivity index (χ2n) is 5.26. The van der Waals surface area contributed by atoms with Gasteiger partial charge in [-0.1, -0.05) is 36.4 Å². The minimum atomic E-state index is -1.12. The van der Waals surface area contributed by atoms with Crippen LogP contribution in [0.1, 0.15) is 22.2 Å². The van der Waals surface area contributed by atoms with Crippen molar-refractivity contribution in [2.24, 2.45) is 0 Å². The monoisotopic (exact) mass is 346 g/mol. The van der Waals surface area contributed by atoms with E-state index in [0.717, 1.165) is 5.56 Å². The number of rotatable bonds is 7. The van der Waals surface area contributed by atoms with E-state index >= 15 is 0 Å². The van der Waals surface area contributed by atoms with Gasteiger partial charge in [0.15, 0.2) is 0 Å². The summed E-state index contributed by atoms with van der Waals surface area (Å²) in [7, 11) is 0. The predicted molar refractivity (Wildman–Crippen MR) is 91.0 cm³/mol. The van der Waals surface area contributed by atoms with Gasteiger partial charge in [0.25, 0.3) is 5.91 Å². The first-order valence-corrected chi connectivity index (χ1v) is 8.27. The van der Waals surface area contributed by atoms with Crippen molar-refractivity contribution in [2.75, 3.05) is 0 Å². The SMILES string of the molecule is C[C@H](NC(=O)c1cccs1)C(=O)N[C@@H](Cc1ccccc1)C(=O)O. The van der Waals surface area contributed by atoms with Crippen molar-refractivity contribution >= 4 is 29.1 Å². The third-order valence-corrected chi connectivity index (χ3v) is 4.25. The van der Waals surface area contributed by atoms with E-state index in [0.29, 0.717) is 4.88 Å². The molecule has 6 nitrogen and oxygen atoms in total. The standard InChI is InChI=1S/C17H18N2O4S/c1-11(18-16(21)14-8-5-9-24-14)15(20)19-13(17(22)23)10-12-6-3-2-4-7-12/h2-9,11,13H,10H2,1H3,(H,18,21)(H,19,20)(H,22,23)/t11-,13-/m0/s1. The van der Waals surface area contributed by atoms with Crippen molar-refractivity contribution in [3.8, 4) is 0 Å². The summed E-state index contributed by atoms with van der Waals surface area (Å²) >= 11 is 1.27. The van der Waals surface area contributed by atoms with Crippen LogP contribution in [0.5, 0.6) is 0 Å². The molecule has 126 valence electrons. The predicted octanol–water partition coefficient (Wildman–Crippen LogP) is 1.68. The number of carboxylic acids is 1. The molecular weight excluding hydrogens is 328 g/mol. The lowest BCUT2D eigenvalue weighted by Crippen LogP contribution is -2.51. The summed E-state index contributed by atoms with van der Waals surface area (Å²) < 4.78 is 0. The Hall–Kier alpha value is -2.67. The summed E-state index contributed by atoms with van der Waals surface area (Å²) in [5.41, 5.74) is 0.806. The zero-order valence-corrected chi connectivity index (χ0v) is 13.9. The van der Waals surface area contributed by atoms with Crippen molar-refractivity contribution < 1.29 is 19.5 Å². The maximum absolute atomic E-state index is 12.2. The Bertz CT molecular complexity index is 701. The Labute approximate surface area is 143 Å². The van der Waals surface area contributed by atoms with Gasteiger partial charge in [-0.3, -0.25) is 9.59 Å². The molecule has 1 aromatic carbocycles. The molecule has 0 aliphatic rings. The average Bonchev–Trinajstić information content (AvgIpc) is 3.09. The zero-order chi connectivity index (χ0) is 17.5. The Morgan fingerprint density at radius 3 is 2.38 bits per heavy atom. The molecule has 0 aliphatic carbocycles. The Morgan fingerprint density at radius 1 is 1.08 bits per heavy atom. The Kier molecular flexibility index (Phi) is 6.08. The summed E-state index contributed by atoms with van der Waals surface area (Å²) in [6.07, 6.45) is 0.174. The lowest BCUT2D eigenvalue weighted by Gasteiger charge is -2.18. The summed E-state index contributed by atoms with van der Waals surface area (Å²) in [6.45, 7) is 1.52. The Balaban J connectivity index is 1.94. The van der Waals surface area contributed by atoms with Crippen LogP contribution in [0.3, 0.4) is 0 Å². The number of carboxylic acid groups (broad SMARTS) is 1. The zero-order valence-electron chi connectivity index (χ0n) is 13.1. The molecule has 0 bridgehead atoms. The van der Waals surface area contributed by atoms with Crippen molar-refractivity contribution in [3.05, 3.63) is 58.3 Å². The number of thiophene rings is 1. The first-order chi connectivity index (χ1) is 11.5. The van der Waals surface area contributed by atoms with Crippen LogP contribution in [0.4, 0.5) is 0 Å². The van der Waals surface area contributed by atoms with E-state index in [-0.39, 0.29) is 12.3 Å². The number of carbonyl (C=O) groups excluding carboxylic acids is 2. The maximum atomic E-state index is 12.2. The van der Waals surface area contributed by atoms with E-state index in [9.17, 15) is 19.5 Å². The van der Waals surface area contributed by atoms with Crippen LogP contribution in [0, 0.1) is 0 Å². The van der Waals surface area contributed by atoms with Crippen molar-refractivity contribution in [3.63, 3.8) is 0 Å². The molecule has 0 radical (unpaired) electrons. The number of amides is 2. The highest BCUT2D eigenvalue weighted by Crippen LogP contribution is 2.08. The van der Waals surface area contributed by atoms with Gasteiger partial charge in [0.1, 0.15) is 12.1 Å². The molecule has 0 saturated heterocycles. The third-order valence-electron chi connectivity index (χ3n) is 3.38. The average molecular weight is 346 g/mol. The fourth-order valence-electron chi connectivity index (χ4n) is 2.09. The lowest BCUT2D eigenvalue weighted by molar-refractivity contribution is -0.142. The second-order valence-corrected chi connectivity index (χ2v) is 6.21. The second kappa shape index (κ2) is 8.26. The quantitative estimate of drug-likeness (QED) is 0.711. The number of carbonyl (C=O) groups is 3. The molecule has 1 aromatic heterocycles. The van der Waals surface area contributed by atoms with Crippen LogP contribution in [0.2, 0.25) is 0 Å². The fourth-order valence-corrected chi connectivity index (χ4v) is 2.71. The topological polar surface area (TPSA) is 95.5 Å². The molecule has 3 N–H and O–H groups in total. The smallest absolute Gasteiger partial charge is 0.326 e. The largest absolute Gasteiger partial charge is 0.480 e. The molecule has 1 heterocycles. The van der Waals surface area contributed by atoms with Crippen molar-refractivity contribution in [1.82, 2.24) is 10.6 Å². The van der Waals surface area contributed by atoms with Crippen molar-refractivity contribution in [2.45, 2.75) is 25.4 Å². The van der Waals surface area contributed by atoms with E-state index in [1.165, 1.54) is 18.3 Å². The molecule has 0 unspecified atom stereocenters.